The van der Waals surface area contributed by atoms with E-state index in [0.717, 1.165) is 38.2 Å². The highest BCUT2D eigenvalue weighted by Crippen LogP contribution is 2.32. The standard InChI is InChI=1S/C16H16ClN3S/c1-10-19-14-8-15(13(18)7-16(14)21-10)20(2)9-11-3-5-12(17)6-4-11/h3-8H,9,18H2,1-2H3. The molecule has 0 unspecified atom stereocenters. The van der Waals surface area contributed by atoms with Crippen LogP contribution in [0.2, 0.25) is 5.02 Å². The number of nitrogen functional groups attached to an aromatic ring is 1. The second-order valence-electron chi connectivity index (χ2n) is 5.09. The molecule has 0 saturated carbocycles. The van der Waals surface area contributed by atoms with Gasteiger partial charge in [-0.2, -0.15) is 0 Å². The van der Waals surface area contributed by atoms with Gasteiger partial charge in [0.1, 0.15) is 0 Å². The summed E-state index contributed by atoms with van der Waals surface area (Å²) >= 11 is 7.59. The molecule has 0 aliphatic heterocycles. The SMILES string of the molecule is Cc1nc2cc(N(C)Cc3ccc(Cl)cc3)c(N)cc2s1. The first-order valence-corrected chi connectivity index (χ1v) is 7.84. The van der Waals surface area contributed by atoms with Gasteiger partial charge < -0.3 is 10.6 Å². The van der Waals surface area contributed by atoms with Crippen molar-refractivity contribution in [1.29, 1.82) is 0 Å². The minimum Gasteiger partial charge on any atom is -0.397 e. The Morgan fingerprint density at radius 2 is 1.95 bits per heavy atom. The van der Waals surface area contributed by atoms with E-state index in [1.807, 2.05) is 44.3 Å². The van der Waals surface area contributed by atoms with Crippen LogP contribution in [0.1, 0.15) is 10.6 Å². The first kappa shape index (κ1) is 14.2. The number of hydrogen-bond acceptors (Lipinski definition) is 4. The van der Waals surface area contributed by atoms with Crippen molar-refractivity contribution in [2.24, 2.45) is 0 Å². The first-order valence-electron chi connectivity index (χ1n) is 6.65. The summed E-state index contributed by atoms with van der Waals surface area (Å²) in [6.45, 7) is 2.79. The van der Waals surface area contributed by atoms with Gasteiger partial charge in [0.25, 0.3) is 0 Å². The summed E-state index contributed by atoms with van der Waals surface area (Å²) in [5.74, 6) is 0. The van der Waals surface area contributed by atoms with Gasteiger partial charge in [-0.25, -0.2) is 4.98 Å². The van der Waals surface area contributed by atoms with Crippen LogP contribution in [-0.2, 0) is 6.54 Å². The Morgan fingerprint density at radius 1 is 1.24 bits per heavy atom. The lowest BCUT2D eigenvalue weighted by atomic mass is 10.2. The summed E-state index contributed by atoms with van der Waals surface area (Å²) in [5, 5.41) is 1.81. The van der Waals surface area contributed by atoms with Crippen molar-refractivity contribution in [3.63, 3.8) is 0 Å². The molecular formula is C16H16ClN3S. The maximum atomic E-state index is 6.19. The van der Waals surface area contributed by atoms with Gasteiger partial charge in [-0.15, -0.1) is 11.3 Å². The van der Waals surface area contributed by atoms with Crippen LogP contribution in [0.25, 0.3) is 10.2 Å². The number of anilines is 2. The first-order chi connectivity index (χ1) is 10.0. The Kier molecular flexibility index (Phi) is 3.74. The highest BCUT2D eigenvalue weighted by molar-refractivity contribution is 7.18. The van der Waals surface area contributed by atoms with E-state index in [2.05, 4.69) is 16.0 Å². The van der Waals surface area contributed by atoms with E-state index in [4.69, 9.17) is 17.3 Å². The van der Waals surface area contributed by atoms with Crippen LogP contribution >= 0.6 is 22.9 Å². The zero-order valence-electron chi connectivity index (χ0n) is 11.9. The third kappa shape index (κ3) is 2.96. The second kappa shape index (κ2) is 5.54. The van der Waals surface area contributed by atoms with Crippen LogP contribution in [0.5, 0.6) is 0 Å². The summed E-state index contributed by atoms with van der Waals surface area (Å²) in [6.07, 6.45) is 0. The number of rotatable bonds is 3. The van der Waals surface area contributed by atoms with Crippen molar-refractivity contribution in [2.75, 3.05) is 17.7 Å². The minimum atomic E-state index is 0.750. The average Bonchev–Trinajstić information content (AvgIpc) is 2.79. The highest BCUT2D eigenvalue weighted by Gasteiger charge is 2.10. The average molecular weight is 318 g/mol. The smallest absolute Gasteiger partial charge is 0.0907 e. The maximum absolute atomic E-state index is 6.19. The topological polar surface area (TPSA) is 42.2 Å². The predicted molar refractivity (Wildman–Crippen MR) is 92.3 cm³/mol. The molecule has 0 saturated heterocycles. The number of halogens is 1. The van der Waals surface area contributed by atoms with E-state index in [-0.39, 0.29) is 0 Å². The largest absolute Gasteiger partial charge is 0.397 e. The zero-order valence-corrected chi connectivity index (χ0v) is 13.5. The molecule has 0 aliphatic rings. The normalized spacial score (nSPS) is 11.0. The molecular weight excluding hydrogens is 302 g/mol. The van der Waals surface area contributed by atoms with E-state index in [1.54, 1.807) is 11.3 Å². The van der Waals surface area contributed by atoms with Crippen LogP contribution < -0.4 is 10.6 Å². The van der Waals surface area contributed by atoms with E-state index in [9.17, 15) is 0 Å². The molecule has 3 rings (SSSR count). The summed E-state index contributed by atoms with van der Waals surface area (Å²) in [5.41, 5.74) is 10.2. The second-order valence-corrected chi connectivity index (χ2v) is 6.77. The molecule has 1 heterocycles. The van der Waals surface area contributed by atoms with Crippen molar-refractivity contribution in [1.82, 2.24) is 4.98 Å². The van der Waals surface area contributed by atoms with E-state index in [1.165, 1.54) is 5.56 Å². The molecule has 3 nitrogen and oxygen atoms in total. The molecule has 0 atom stereocenters. The lowest BCUT2D eigenvalue weighted by Gasteiger charge is -2.21. The highest BCUT2D eigenvalue weighted by atomic mass is 35.5. The van der Waals surface area contributed by atoms with E-state index < -0.39 is 0 Å². The Hall–Kier alpha value is -1.78. The number of hydrogen-bond donors (Lipinski definition) is 1. The van der Waals surface area contributed by atoms with Crippen molar-refractivity contribution < 1.29 is 0 Å². The molecule has 1 aromatic heterocycles. The van der Waals surface area contributed by atoms with Crippen molar-refractivity contribution >= 4 is 44.5 Å². The Labute approximate surface area is 133 Å². The number of benzene rings is 2. The summed E-state index contributed by atoms with van der Waals surface area (Å²) in [7, 11) is 2.03. The van der Waals surface area contributed by atoms with Gasteiger partial charge in [-0.3, -0.25) is 0 Å². The molecule has 108 valence electrons. The summed E-state index contributed by atoms with van der Waals surface area (Å²) in [6, 6.07) is 11.9. The molecule has 0 spiro atoms. The van der Waals surface area contributed by atoms with Crippen molar-refractivity contribution in [3.05, 3.63) is 52.0 Å². The molecule has 21 heavy (non-hydrogen) atoms. The maximum Gasteiger partial charge on any atom is 0.0907 e. The number of aryl methyl sites for hydroxylation is 1. The zero-order chi connectivity index (χ0) is 15.0. The van der Waals surface area contributed by atoms with Crippen LogP contribution in [0.4, 0.5) is 11.4 Å². The van der Waals surface area contributed by atoms with Gasteiger partial charge in [0.2, 0.25) is 0 Å². The molecule has 0 amide bonds. The number of aromatic nitrogens is 1. The molecule has 2 aromatic carbocycles. The van der Waals surface area contributed by atoms with Crippen molar-refractivity contribution in [2.45, 2.75) is 13.5 Å². The van der Waals surface area contributed by atoms with Crippen LogP contribution in [0.3, 0.4) is 0 Å². The molecule has 5 heteroatoms. The van der Waals surface area contributed by atoms with E-state index in [0.29, 0.717) is 0 Å². The minimum absolute atomic E-state index is 0.750. The quantitative estimate of drug-likeness (QED) is 0.724. The Balaban J connectivity index is 1.91. The fourth-order valence-corrected chi connectivity index (χ4v) is 3.36. The van der Waals surface area contributed by atoms with Gasteiger partial charge >= 0.3 is 0 Å². The summed E-state index contributed by atoms with van der Waals surface area (Å²) < 4.78 is 1.13. The third-order valence-corrected chi connectivity index (χ3v) is 4.57. The lowest BCUT2D eigenvalue weighted by Crippen LogP contribution is -2.17. The van der Waals surface area contributed by atoms with E-state index >= 15 is 0 Å². The molecule has 3 aromatic rings. The third-order valence-electron chi connectivity index (χ3n) is 3.39. The fourth-order valence-electron chi connectivity index (χ4n) is 2.37. The van der Waals surface area contributed by atoms with Gasteiger partial charge in [-0.1, -0.05) is 23.7 Å². The number of fused-ring (bicyclic) bond motifs is 1. The van der Waals surface area contributed by atoms with Gasteiger partial charge in [0.15, 0.2) is 0 Å². The van der Waals surface area contributed by atoms with Gasteiger partial charge in [0.05, 0.1) is 26.6 Å². The molecule has 0 aliphatic carbocycles. The monoisotopic (exact) mass is 317 g/mol. The van der Waals surface area contributed by atoms with Gasteiger partial charge in [-0.05, 0) is 36.8 Å². The Morgan fingerprint density at radius 3 is 2.67 bits per heavy atom. The molecule has 2 N–H and O–H groups in total. The molecule has 0 fully saturated rings. The summed E-state index contributed by atoms with van der Waals surface area (Å²) in [4.78, 5) is 6.67. The number of nitrogens with zero attached hydrogens (tertiary/aromatic N) is 2. The van der Waals surface area contributed by atoms with Crippen LogP contribution in [0, 0.1) is 6.92 Å². The number of thiazole rings is 1. The molecule has 0 radical (unpaired) electrons. The molecule has 0 bridgehead atoms. The van der Waals surface area contributed by atoms with Crippen LogP contribution in [-0.4, -0.2) is 12.0 Å². The van der Waals surface area contributed by atoms with Crippen molar-refractivity contribution in [3.8, 4) is 0 Å². The Bertz CT molecular complexity index is 780. The lowest BCUT2D eigenvalue weighted by molar-refractivity contribution is 0.926. The predicted octanol–water partition coefficient (Wildman–Crippen LogP) is 4.48. The fraction of sp³-hybridized carbons (Fsp3) is 0.188. The van der Waals surface area contributed by atoms with Gasteiger partial charge in [0, 0.05) is 18.6 Å². The van der Waals surface area contributed by atoms with Crippen LogP contribution in [0.15, 0.2) is 36.4 Å². The number of nitrogens with two attached hydrogens (primary N) is 1.